The first kappa shape index (κ1) is 18.1. The lowest BCUT2D eigenvalue weighted by atomic mass is 9.56. The zero-order chi connectivity index (χ0) is 18.5. The van der Waals surface area contributed by atoms with E-state index in [9.17, 15) is 10.2 Å². The first-order valence-electron chi connectivity index (χ1n) is 10.0. The van der Waals surface area contributed by atoms with Crippen molar-refractivity contribution in [3.8, 4) is 11.5 Å². The number of aliphatic hydroxyl groups is 1. The quantitative estimate of drug-likeness (QED) is 0.817. The van der Waals surface area contributed by atoms with Crippen molar-refractivity contribution in [2.75, 3.05) is 33.3 Å². The van der Waals surface area contributed by atoms with Crippen LogP contribution in [-0.2, 0) is 0 Å². The number of hydrogen-bond donors (Lipinski definition) is 2. The second kappa shape index (κ2) is 6.39. The molecule has 4 bridgehead atoms. The van der Waals surface area contributed by atoms with Crippen molar-refractivity contribution in [3.63, 3.8) is 0 Å². The standard InChI is InChI=1S/C21H32N2O3/c1-4-8-20-11-22-13-21(9-5-2,19(20)25)14-23(12-20)18(22)15-6-7-16(24)17(10-15)26-3/h6-7,10,18-19,24-25H,4-5,8-9,11-14H2,1-3H3. The molecule has 0 aromatic heterocycles. The fourth-order valence-corrected chi connectivity index (χ4v) is 6.26. The number of aliphatic hydroxyl groups excluding tert-OH is 1. The summed E-state index contributed by atoms with van der Waals surface area (Å²) in [4.78, 5) is 5.13. The van der Waals surface area contributed by atoms with Crippen LogP contribution in [0, 0.1) is 10.8 Å². The summed E-state index contributed by atoms with van der Waals surface area (Å²) >= 11 is 0. The number of methoxy groups -OCH3 is 1. The van der Waals surface area contributed by atoms with E-state index in [4.69, 9.17) is 4.74 Å². The molecule has 5 nitrogen and oxygen atoms in total. The minimum absolute atomic E-state index is 0.00206. The van der Waals surface area contributed by atoms with Crippen LogP contribution in [0.3, 0.4) is 0 Å². The summed E-state index contributed by atoms with van der Waals surface area (Å²) in [6.45, 7) is 8.28. The predicted octanol–water partition coefficient (Wildman–Crippen LogP) is 2.98. The van der Waals surface area contributed by atoms with Crippen molar-refractivity contribution in [2.45, 2.75) is 51.8 Å². The van der Waals surface area contributed by atoms with E-state index in [2.05, 4.69) is 23.6 Å². The Kier molecular flexibility index (Phi) is 4.45. The second-order valence-corrected chi connectivity index (χ2v) is 8.74. The van der Waals surface area contributed by atoms with Gasteiger partial charge in [-0.25, -0.2) is 0 Å². The maximum absolute atomic E-state index is 11.4. The van der Waals surface area contributed by atoms with Crippen LogP contribution in [-0.4, -0.2) is 59.4 Å². The van der Waals surface area contributed by atoms with E-state index in [1.165, 1.54) is 5.56 Å². The molecule has 5 rings (SSSR count). The fraction of sp³-hybridized carbons (Fsp3) is 0.714. The monoisotopic (exact) mass is 360 g/mol. The lowest BCUT2D eigenvalue weighted by Crippen LogP contribution is -2.78. The van der Waals surface area contributed by atoms with E-state index in [-0.39, 0.29) is 28.8 Å². The molecule has 0 aliphatic carbocycles. The average Bonchev–Trinajstić information content (AvgIpc) is 2.60. The minimum atomic E-state index is -0.197. The van der Waals surface area contributed by atoms with Gasteiger partial charge in [0.15, 0.2) is 11.5 Å². The number of aromatic hydroxyl groups is 1. The van der Waals surface area contributed by atoms with Crippen molar-refractivity contribution < 1.29 is 14.9 Å². The number of ether oxygens (including phenoxy) is 1. The molecule has 4 aliphatic heterocycles. The maximum atomic E-state index is 11.4. The van der Waals surface area contributed by atoms with E-state index in [0.717, 1.165) is 51.9 Å². The molecule has 5 heteroatoms. The van der Waals surface area contributed by atoms with Crippen LogP contribution in [0.1, 0.15) is 51.3 Å². The van der Waals surface area contributed by atoms with Gasteiger partial charge < -0.3 is 14.9 Å². The Morgan fingerprint density at radius 1 is 1.04 bits per heavy atom. The Morgan fingerprint density at radius 2 is 1.58 bits per heavy atom. The van der Waals surface area contributed by atoms with Gasteiger partial charge in [-0.2, -0.15) is 0 Å². The lowest BCUT2D eigenvalue weighted by Gasteiger charge is -2.70. The molecule has 26 heavy (non-hydrogen) atoms. The number of nitrogens with zero attached hydrogens (tertiary/aromatic N) is 2. The summed E-state index contributed by atoms with van der Waals surface area (Å²) in [5.41, 5.74) is 1.17. The highest BCUT2D eigenvalue weighted by atomic mass is 16.5. The van der Waals surface area contributed by atoms with Crippen molar-refractivity contribution >= 4 is 0 Å². The second-order valence-electron chi connectivity index (χ2n) is 8.74. The smallest absolute Gasteiger partial charge is 0.160 e. The van der Waals surface area contributed by atoms with Crippen molar-refractivity contribution in [1.82, 2.24) is 9.80 Å². The molecule has 144 valence electrons. The Morgan fingerprint density at radius 3 is 2.04 bits per heavy atom. The van der Waals surface area contributed by atoms with Crippen molar-refractivity contribution in [3.05, 3.63) is 23.8 Å². The van der Waals surface area contributed by atoms with Gasteiger partial charge >= 0.3 is 0 Å². The molecule has 0 amide bonds. The summed E-state index contributed by atoms with van der Waals surface area (Å²) in [5, 5.41) is 21.3. The van der Waals surface area contributed by atoms with Gasteiger partial charge in [0.05, 0.1) is 19.4 Å². The van der Waals surface area contributed by atoms with Gasteiger partial charge in [-0.1, -0.05) is 32.8 Å². The summed E-state index contributed by atoms with van der Waals surface area (Å²) < 4.78 is 5.34. The number of phenols is 1. The molecule has 4 heterocycles. The van der Waals surface area contributed by atoms with Crippen LogP contribution in [0.4, 0.5) is 0 Å². The zero-order valence-electron chi connectivity index (χ0n) is 16.2. The van der Waals surface area contributed by atoms with Gasteiger partial charge in [0.2, 0.25) is 0 Å². The maximum Gasteiger partial charge on any atom is 0.160 e. The van der Waals surface area contributed by atoms with E-state index >= 15 is 0 Å². The highest BCUT2D eigenvalue weighted by Crippen LogP contribution is 2.57. The Hall–Kier alpha value is -1.30. The van der Waals surface area contributed by atoms with Crippen LogP contribution >= 0.6 is 0 Å². The summed E-state index contributed by atoms with van der Waals surface area (Å²) in [7, 11) is 1.60. The molecule has 0 unspecified atom stereocenters. The summed E-state index contributed by atoms with van der Waals surface area (Å²) in [6, 6.07) is 5.72. The molecule has 0 radical (unpaired) electrons. The Labute approximate surface area is 156 Å². The third kappa shape index (κ3) is 2.48. The van der Waals surface area contributed by atoms with Gasteiger partial charge in [-0.05, 0) is 30.5 Å². The number of rotatable bonds is 6. The van der Waals surface area contributed by atoms with E-state index in [1.54, 1.807) is 13.2 Å². The summed E-state index contributed by atoms with van der Waals surface area (Å²) in [5.74, 6) is 0.718. The predicted molar refractivity (Wildman–Crippen MR) is 101 cm³/mol. The number of phenolic OH excluding ortho intramolecular Hbond substituents is 1. The van der Waals surface area contributed by atoms with Gasteiger partial charge in [0.25, 0.3) is 0 Å². The number of hydrogen-bond acceptors (Lipinski definition) is 5. The first-order chi connectivity index (χ1) is 12.5. The third-order valence-corrected chi connectivity index (χ3v) is 6.92. The van der Waals surface area contributed by atoms with Gasteiger partial charge in [-0.15, -0.1) is 0 Å². The normalized spacial score (nSPS) is 40.8. The highest BCUT2D eigenvalue weighted by molar-refractivity contribution is 5.43. The molecule has 0 saturated carbocycles. The van der Waals surface area contributed by atoms with E-state index < -0.39 is 0 Å². The molecule has 1 aromatic carbocycles. The molecule has 0 spiro atoms. The van der Waals surface area contributed by atoms with Crippen LogP contribution in [0.15, 0.2) is 18.2 Å². The van der Waals surface area contributed by atoms with Crippen LogP contribution < -0.4 is 4.74 Å². The largest absolute Gasteiger partial charge is 0.504 e. The molecule has 0 atom stereocenters. The van der Waals surface area contributed by atoms with E-state index in [1.807, 2.05) is 12.1 Å². The topological polar surface area (TPSA) is 56.2 Å². The van der Waals surface area contributed by atoms with Crippen LogP contribution in [0.2, 0.25) is 0 Å². The number of benzene rings is 1. The SMILES string of the molecule is CCCC12CN3CC(CCC)(CN(C1)C3c1ccc(O)c(OC)c1)C2O. The zero-order valence-corrected chi connectivity index (χ0v) is 16.2. The third-order valence-electron chi connectivity index (χ3n) is 6.92. The van der Waals surface area contributed by atoms with Crippen molar-refractivity contribution in [1.29, 1.82) is 0 Å². The molecular formula is C21H32N2O3. The molecular weight excluding hydrogens is 328 g/mol. The van der Waals surface area contributed by atoms with Crippen molar-refractivity contribution in [2.24, 2.45) is 10.8 Å². The first-order valence-corrected chi connectivity index (χ1v) is 10.0. The number of piperidine rings is 2. The lowest BCUT2D eigenvalue weighted by molar-refractivity contribution is -0.268. The molecule has 1 aromatic rings. The molecule has 2 N–H and O–H groups in total. The molecule has 4 fully saturated rings. The highest BCUT2D eigenvalue weighted by Gasteiger charge is 2.64. The van der Waals surface area contributed by atoms with Gasteiger partial charge in [0.1, 0.15) is 0 Å². The van der Waals surface area contributed by atoms with Gasteiger partial charge in [-0.3, -0.25) is 9.80 Å². The Balaban J connectivity index is 1.71. The molecule has 4 saturated heterocycles. The summed E-state index contributed by atoms with van der Waals surface area (Å²) in [6.07, 6.45) is 4.40. The van der Waals surface area contributed by atoms with E-state index in [0.29, 0.717) is 5.75 Å². The minimum Gasteiger partial charge on any atom is -0.504 e. The van der Waals surface area contributed by atoms with Crippen LogP contribution in [0.5, 0.6) is 11.5 Å². The fourth-order valence-electron chi connectivity index (χ4n) is 6.26. The van der Waals surface area contributed by atoms with Gasteiger partial charge in [0, 0.05) is 37.0 Å². The Bertz CT molecular complexity index is 635. The van der Waals surface area contributed by atoms with Crippen LogP contribution in [0.25, 0.3) is 0 Å². The average molecular weight is 360 g/mol. The molecule has 4 aliphatic rings.